The third-order valence-corrected chi connectivity index (χ3v) is 6.68. The molecule has 2 heterocycles. The number of aromatic nitrogens is 3. The number of methoxy groups -OCH3 is 1. The second kappa shape index (κ2) is 11.0. The Morgan fingerprint density at radius 2 is 1.76 bits per heavy atom. The van der Waals surface area contributed by atoms with Crippen LogP contribution in [0.2, 0.25) is 0 Å². The lowest BCUT2D eigenvalue weighted by molar-refractivity contribution is 0.263. The fourth-order valence-corrected chi connectivity index (χ4v) is 4.57. The molecule has 0 unspecified atom stereocenters. The summed E-state index contributed by atoms with van der Waals surface area (Å²) >= 11 is 0. The topological polar surface area (TPSA) is 75.6 Å². The third kappa shape index (κ3) is 6.22. The molecular weight excluding hydrogens is 423 g/mol. The summed E-state index contributed by atoms with van der Waals surface area (Å²) in [7, 11) is 5.61. The van der Waals surface area contributed by atoms with Gasteiger partial charge in [-0.2, -0.15) is 15.0 Å². The Morgan fingerprint density at radius 3 is 2.42 bits per heavy atom. The van der Waals surface area contributed by atoms with Crippen molar-refractivity contribution in [1.29, 1.82) is 0 Å². The maximum atomic E-state index is 14.2. The summed E-state index contributed by atoms with van der Waals surface area (Å²) in [5.41, 5.74) is 0. The van der Waals surface area contributed by atoms with Crippen molar-refractivity contribution in [2.24, 2.45) is 0 Å². The minimum absolute atomic E-state index is 0.153. The largest absolute Gasteiger partial charge is 0.494 e. The Morgan fingerprint density at radius 1 is 1.03 bits per heavy atom. The Bertz CT molecular complexity index is 914. The van der Waals surface area contributed by atoms with Crippen LogP contribution in [0.4, 0.5) is 16.3 Å². The van der Waals surface area contributed by atoms with Crippen LogP contribution in [0.15, 0.2) is 18.2 Å². The number of anilines is 2. The van der Waals surface area contributed by atoms with E-state index in [1.807, 2.05) is 7.05 Å². The van der Waals surface area contributed by atoms with Gasteiger partial charge in [-0.3, -0.25) is 0 Å². The molecule has 1 aliphatic carbocycles. The minimum Gasteiger partial charge on any atom is -0.494 e. The van der Waals surface area contributed by atoms with E-state index in [2.05, 4.69) is 32.1 Å². The fraction of sp³-hybridized carbons (Fsp3) is 0.625. The van der Waals surface area contributed by atoms with Gasteiger partial charge in [-0.1, -0.05) is 25.7 Å². The first kappa shape index (κ1) is 23.5. The molecule has 8 nitrogen and oxygen atoms in total. The molecule has 0 spiro atoms. The molecule has 1 aromatic heterocycles. The van der Waals surface area contributed by atoms with Crippen molar-refractivity contribution >= 4 is 11.9 Å². The van der Waals surface area contributed by atoms with Crippen LogP contribution in [-0.4, -0.2) is 66.2 Å². The summed E-state index contributed by atoms with van der Waals surface area (Å²) in [4.78, 5) is 18.3. The van der Waals surface area contributed by atoms with Gasteiger partial charge in [-0.15, -0.1) is 0 Å². The lowest BCUT2D eigenvalue weighted by Crippen LogP contribution is -2.37. The van der Waals surface area contributed by atoms with E-state index in [0.717, 1.165) is 38.8 Å². The van der Waals surface area contributed by atoms with Crippen molar-refractivity contribution < 1.29 is 13.9 Å². The molecule has 1 N–H and O–H groups in total. The summed E-state index contributed by atoms with van der Waals surface area (Å²) in [6, 6.07) is 5.29. The van der Waals surface area contributed by atoms with Gasteiger partial charge in [0.05, 0.1) is 7.11 Å². The first-order valence-electron chi connectivity index (χ1n) is 12.0. The highest BCUT2D eigenvalue weighted by molar-refractivity contribution is 5.41. The quantitative estimate of drug-likeness (QED) is 0.609. The third-order valence-electron chi connectivity index (χ3n) is 6.68. The van der Waals surface area contributed by atoms with Gasteiger partial charge >= 0.3 is 6.01 Å². The second-order valence-corrected chi connectivity index (χ2v) is 9.12. The highest BCUT2D eigenvalue weighted by atomic mass is 19.1. The predicted molar refractivity (Wildman–Crippen MR) is 127 cm³/mol. The molecule has 33 heavy (non-hydrogen) atoms. The van der Waals surface area contributed by atoms with Crippen molar-refractivity contribution in [3.05, 3.63) is 24.0 Å². The van der Waals surface area contributed by atoms with Crippen LogP contribution in [0.5, 0.6) is 17.5 Å². The molecule has 0 amide bonds. The van der Waals surface area contributed by atoms with E-state index in [4.69, 9.17) is 14.5 Å². The van der Waals surface area contributed by atoms with E-state index in [0.29, 0.717) is 29.7 Å². The van der Waals surface area contributed by atoms with Gasteiger partial charge in [0.2, 0.25) is 11.9 Å². The van der Waals surface area contributed by atoms with Crippen LogP contribution in [0, 0.1) is 5.82 Å². The molecule has 0 radical (unpaired) electrons. The number of hydrogen-bond acceptors (Lipinski definition) is 8. The van der Waals surface area contributed by atoms with Gasteiger partial charge in [-0.25, -0.2) is 4.39 Å². The molecule has 1 saturated heterocycles. The molecule has 4 rings (SSSR count). The molecular formula is C24H35FN6O2. The maximum Gasteiger partial charge on any atom is 0.328 e. The summed E-state index contributed by atoms with van der Waals surface area (Å²) in [6.45, 7) is 2.07. The number of nitrogens with zero attached hydrogens (tertiary/aromatic N) is 5. The molecule has 2 aliphatic rings. The number of benzene rings is 1. The van der Waals surface area contributed by atoms with Gasteiger partial charge < -0.3 is 24.6 Å². The zero-order valence-corrected chi connectivity index (χ0v) is 19.9. The average molecular weight is 459 g/mol. The van der Waals surface area contributed by atoms with E-state index in [-0.39, 0.29) is 11.8 Å². The SMILES string of the molecule is COc1ccc(Oc2nc(NC3CCN(C)CC3)nc(N(C)C3CCCCCC3)n2)cc1F. The molecule has 180 valence electrons. The number of halogens is 1. The molecule has 2 aromatic rings. The lowest BCUT2D eigenvalue weighted by atomic mass is 10.1. The summed E-state index contributed by atoms with van der Waals surface area (Å²) in [5.74, 6) is 1.06. The second-order valence-electron chi connectivity index (χ2n) is 9.12. The molecule has 1 saturated carbocycles. The summed E-state index contributed by atoms with van der Waals surface area (Å²) < 4.78 is 25.1. The number of rotatable bonds is 7. The zero-order valence-electron chi connectivity index (χ0n) is 19.9. The molecule has 1 aliphatic heterocycles. The molecule has 9 heteroatoms. The van der Waals surface area contributed by atoms with Gasteiger partial charge in [-0.05, 0) is 58.0 Å². The van der Waals surface area contributed by atoms with Gasteiger partial charge in [0.15, 0.2) is 11.6 Å². The van der Waals surface area contributed by atoms with E-state index in [9.17, 15) is 4.39 Å². The van der Waals surface area contributed by atoms with E-state index in [1.54, 1.807) is 6.07 Å². The van der Waals surface area contributed by atoms with Crippen LogP contribution >= 0.6 is 0 Å². The minimum atomic E-state index is -0.496. The standard InChI is InChI=1S/C24H35FN6O2/c1-30-14-12-17(13-15-30)26-22-27-23(31(2)18-8-6-4-5-7-9-18)29-24(28-22)33-19-10-11-21(32-3)20(25)16-19/h10-11,16-18H,4-9,12-15H2,1-3H3,(H,26,27,28,29). The highest BCUT2D eigenvalue weighted by Crippen LogP contribution is 2.28. The zero-order chi connectivity index (χ0) is 23.2. The van der Waals surface area contributed by atoms with E-state index < -0.39 is 5.82 Å². The Labute approximate surface area is 195 Å². The van der Waals surface area contributed by atoms with Gasteiger partial charge in [0, 0.05) is 25.2 Å². The Balaban J connectivity index is 1.58. The van der Waals surface area contributed by atoms with E-state index in [1.165, 1.54) is 44.9 Å². The van der Waals surface area contributed by atoms with E-state index >= 15 is 0 Å². The summed E-state index contributed by atoms with van der Waals surface area (Å²) in [5, 5.41) is 3.48. The first-order chi connectivity index (χ1) is 16.0. The predicted octanol–water partition coefficient (Wildman–Crippen LogP) is 4.48. The van der Waals surface area contributed by atoms with Crippen molar-refractivity contribution in [1.82, 2.24) is 19.9 Å². The van der Waals surface area contributed by atoms with Crippen molar-refractivity contribution in [3.8, 4) is 17.5 Å². The van der Waals surface area contributed by atoms with Crippen LogP contribution < -0.4 is 19.7 Å². The molecule has 0 bridgehead atoms. The lowest BCUT2D eigenvalue weighted by Gasteiger charge is -2.30. The molecule has 2 fully saturated rings. The van der Waals surface area contributed by atoms with Crippen LogP contribution in [0.3, 0.4) is 0 Å². The number of likely N-dealkylation sites (tertiary alicyclic amines) is 1. The van der Waals surface area contributed by atoms with Gasteiger partial charge in [0.1, 0.15) is 5.75 Å². The van der Waals surface area contributed by atoms with Crippen LogP contribution in [0.25, 0.3) is 0 Å². The van der Waals surface area contributed by atoms with Crippen LogP contribution in [-0.2, 0) is 0 Å². The number of piperidine rings is 1. The highest BCUT2D eigenvalue weighted by Gasteiger charge is 2.23. The van der Waals surface area contributed by atoms with Crippen molar-refractivity contribution in [2.45, 2.75) is 63.5 Å². The van der Waals surface area contributed by atoms with Crippen molar-refractivity contribution in [3.63, 3.8) is 0 Å². The fourth-order valence-electron chi connectivity index (χ4n) is 4.57. The molecule has 1 aromatic carbocycles. The smallest absolute Gasteiger partial charge is 0.328 e. The first-order valence-corrected chi connectivity index (χ1v) is 12.0. The summed E-state index contributed by atoms with van der Waals surface area (Å²) in [6.07, 6.45) is 9.29. The monoisotopic (exact) mass is 458 g/mol. The van der Waals surface area contributed by atoms with Crippen LogP contribution in [0.1, 0.15) is 51.4 Å². The molecule has 0 atom stereocenters. The normalized spacial score (nSPS) is 18.5. The van der Waals surface area contributed by atoms with Gasteiger partial charge in [0.25, 0.3) is 0 Å². The Hall–Kier alpha value is -2.68. The average Bonchev–Trinajstić information content (AvgIpc) is 3.10. The Kier molecular flexibility index (Phi) is 7.80. The van der Waals surface area contributed by atoms with Crippen molar-refractivity contribution in [2.75, 3.05) is 44.5 Å². The number of nitrogens with one attached hydrogen (secondary N) is 1. The maximum absolute atomic E-state index is 14.2. The number of ether oxygens (including phenoxy) is 2. The number of hydrogen-bond donors (Lipinski definition) is 1.